The molecule has 4 nitrogen and oxygen atoms in total. The van der Waals surface area contributed by atoms with Crippen LogP contribution in [0.25, 0.3) is 0 Å². The number of hydrogen-bond donors (Lipinski definition) is 1. The molecule has 0 saturated heterocycles. The normalized spacial score (nSPS) is 14.2. The predicted octanol–water partition coefficient (Wildman–Crippen LogP) is 3.41. The van der Waals surface area contributed by atoms with Gasteiger partial charge in [-0.05, 0) is 29.3 Å². The standard InChI is InChI=1S/C18H20F2N2O2/c1-23-17-10-13(6-7-16(17)24-18(19)20)12-22-9-8-21-11-14-4-2-3-5-15(14)22/h2-7,10,18,21H,8-9,11-12H2,1H3. The van der Waals surface area contributed by atoms with Crippen LogP contribution >= 0.6 is 0 Å². The first-order valence-electron chi connectivity index (χ1n) is 7.82. The van der Waals surface area contributed by atoms with Gasteiger partial charge in [0, 0.05) is 31.9 Å². The number of fused-ring (bicyclic) bond motifs is 1. The van der Waals surface area contributed by atoms with Gasteiger partial charge >= 0.3 is 6.61 Å². The fourth-order valence-electron chi connectivity index (χ4n) is 2.91. The van der Waals surface area contributed by atoms with Gasteiger partial charge in [-0.1, -0.05) is 24.3 Å². The highest BCUT2D eigenvalue weighted by atomic mass is 19.3. The van der Waals surface area contributed by atoms with E-state index in [1.807, 2.05) is 12.1 Å². The maximum absolute atomic E-state index is 12.4. The molecule has 0 radical (unpaired) electrons. The summed E-state index contributed by atoms with van der Waals surface area (Å²) in [6, 6.07) is 13.3. The Balaban J connectivity index is 1.83. The molecule has 0 aliphatic carbocycles. The molecule has 6 heteroatoms. The maximum atomic E-state index is 12.4. The van der Waals surface area contributed by atoms with Crippen LogP contribution in [0.5, 0.6) is 11.5 Å². The van der Waals surface area contributed by atoms with E-state index in [0.717, 1.165) is 25.2 Å². The molecule has 2 aromatic rings. The van der Waals surface area contributed by atoms with Crippen LogP contribution in [0.3, 0.4) is 0 Å². The average Bonchev–Trinajstić information content (AvgIpc) is 2.78. The minimum atomic E-state index is -2.87. The lowest BCUT2D eigenvalue weighted by molar-refractivity contribution is -0.0512. The number of anilines is 1. The van der Waals surface area contributed by atoms with Crippen molar-refractivity contribution in [1.82, 2.24) is 5.32 Å². The molecule has 0 atom stereocenters. The van der Waals surface area contributed by atoms with E-state index < -0.39 is 6.61 Å². The molecule has 1 aliphatic heterocycles. The Hall–Kier alpha value is -2.34. The van der Waals surface area contributed by atoms with Crippen molar-refractivity contribution in [3.63, 3.8) is 0 Å². The number of ether oxygens (including phenoxy) is 2. The number of nitrogens with zero attached hydrogens (tertiary/aromatic N) is 1. The van der Waals surface area contributed by atoms with Gasteiger partial charge in [0.05, 0.1) is 7.11 Å². The summed E-state index contributed by atoms with van der Waals surface area (Å²) in [5.41, 5.74) is 3.42. The molecule has 0 unspecified atom stereocenters. The maximum Gasteiger partial charge on any atom is 0.387 e. The van der Waals surface area contributed by atoms with Crippen molar-refractivity contribution in [2.24, 2.45) is 0 Å². The van der Waals surface area contributed by atoms with Crippen LogP contribution in [0.4, 0.5) is 14.5 Å². The van der Waals surface area contributed by atoms with Crippen LogP contribution in [0.1, 0.15) is 11.1 Å². The van der Waals surface area contributed by atoms with Crippen LogP contribution in [0.15, 0.2) is 42.5 Å². The van der Waals surface area contributed by atoms with E-state index in [9.17, 15) is 8.78 Å². The second-order valence-corrected chi connectivity index (χ2v) is 5.59. The topological polar surface area (TPSA) is 33.7 Å². The molecular weight excluding hydrogens is 314 g/mol. The van der Waals surface area contributed by atoms with Crippen molar-refractivity contribution in [3.05, 3.63) is 53.6 Å². The summed E-state index contributed by atoms with van der Waals surface area (Å²) in [7, 11) is 1.45. The lowest BCUT2D eigenvalue weighted by Crippen LogP contribution is -2.28. The Morgan fingerprint density at radius 3 is 2.79 bits per heavy atom. The van der Waals surface area contributed by atoms with E-state index in [0.29, 0.717) is 12.3 Å². The fourth-order valence-corrected chi connectivity index (χ4v) is 2.91. The van der Waals surface area contributed by atoms with Crippen molar-refractivity contribution in [2.45, 2.75) is 19.7 Å². The van der Waals surface area contributed by atoms with Gasteiger partial charge < -0.3 is 19.7 Å². The largest absolute Gasteiger partial charge is 0.493 e. The minimum Gasteiger partial charge on any atom is -0.493 e. The van der Waals surface area contributed by atoms with E-state index in [4.69, 9.17) is 4.74 Å². The molecule has 0 spiro atoms. The molecule has 24 heavy (non-hydrogen) atoms. The first-order valence-corrected chi connectivity index (χ1v) is 7.82. The molecule has 0 fully saturated rings. The van der Waals surface area contributed by atoms with E-state index >= 15 is 0 Å². The third-order valence-corrected chi connectivity index (χ3v) is 4.02. The SMILES string of the molecule is COc1cc(CN2CCNCc3ccccc32)ccc1OC(F)F. The van der Waals surface area contributed by atoms with Crippen molar-refractivity contribution in [3.8, 4) is 11.5 Å². The second-order valence-electron chi connectivity index (χ2n) is 5.59. The number of benzene rings is 2. The number of hydrogen-bond acceptors (Lipinski definition) is 4. The molecule has 3 rings (SSSR count). The summed E-state index contributed by atoms with van der Waals surface area (Å²) in [5, 5.41) is 3.40. The molecule has 0 amide bonds. The Labute approximate surface area is 140 Å². The zero-order valence-electron chi connectivity index (χ0n) is 13.5. The first kappa shape index (κ1) is 16.5. The zero-order chi connectivity index (χ0) is 16.9. The monoisotopic (exact) mass is 334 g/mol. The number of halogens is 2. The number of methoxy groups -OCH3 is 1. The Morgan fingerprint density at radius 1 is 1.17 bits per heavy atom. The first-order chi connectivity index (χ1) is 11.7. The molecule has 0 saturated carbocycles. The van der Waals surface area contributed by atoms with Gasteiger partial charge in [-0.15, -0.1) is 0 Å². The molecular formula is C18H20F2N2O2. The van der Waals surface area contributed by atoms with E-state index in [1.54, 1.807) is 12.1 Å². The lowest BCUT2D eigenvalue weighted by Gasteiger charge is -2.25. The third-order valence-electron chi connectivity index (χ3n) is 4.02. The number of nitrogens with one attached hydrogen (secondary N) is 1. The highest BCUT2D eigenvalue weighted by molar-refractivity contribution is 5.55. The molecule has 128 valence electrons. The van der Waals surface area contributed by atoms with Crippen LogP contribution in [-0.4, -0.2) is 26.8 Å². The Bertz CT molecular complexity index is 694. The molecule has 1 N–H and O–H groups in total. The van der Waals surface area contributed by atoms with E-state index in [1.165, 1.54) is 24.4 Å². The van der Waals surface area contributed by atoms with E-state index in [2.05, 4.69) is 27.1 Å². The third kappa shape index (κ3) is 3.76. The highest BCUT2D eigenvalue weighted by Crippen LogP contribution is 2.31. The summed E-state index contributed by atoms with van der Waals surface area (Å²) in [4.78, 5) is 2.28. The van der Waals surface area contributed by atoms with Gasteiger partial charge in [0.15, 0.2) is 11.5 Å². The molecule has 0 aromatic heterocycles. The van der Waals surface area contributed by atoms with Gasteiger partial charge in [0.25, 0.3) is 0 Å². The van der Waals surface area contributed by atoms with Crippen molar-refractivity contribution >= 4 is 5.69 Å². The minimum absolute atomic E-state index is 0.0502. The van der Waals surface area contributed by atoms with Crippen LogP contribution < -0.4 is 19.7 Å². The Morgan fingerprint density at radius 2 is 2.00 bits per heavy atom. The summed E-state index contributed by atoms with van der Waals surface area (Å²) < 4.78 is 34.5. The van der Waals surface area contributed by atoms with Crippen molar-refractivity contribution in [2.75, 3.05) is 25.1 Å². The number of para-hydroxylation sites is 1. The van der Waals surface area contributed by atoms with Gasteiger partial charge in [0.1, 0.15) is 0 Å². The predicted molar refractivity (Wildman–Crippen MR) is 88.8 cm³/mol. The summed E-state index contributed by atoms with van der Waals surface area (Å²) in [6.45, 7) is 0.405. The lowest BCUT2D eigenvalue weighted by atomic mass is 10.1. The van der Waals surface area contributed by atoms with Crippen LogP contribution in [-0.2, 0) is 13.1 Å². The van der Waals surface area contributed by atoms with E-state index in [-0.39, 0.29) is 5.75 Å². The smallest absolute Gasteiger partial charge is 0.387 e. The van der Waals surface area contributed by atoms with Crippen molar-refractivity contribution < 1.29 is 18.3 Å². The van der Waals surface area contributed by atoms with Gasteiger partial charge in [-0.3, -0.25) is 0 Å². The molecule has 2 aromatic carbocycles. The van der Waals surface area contributed by atoms with Crippen LogP contribution in [0, 0.1) is 0 Å². The summed E-state index contributed by atoms with van der Waals surface area (Å²) in [5.74, 6) is 0.364. The molecule has 0 bridgehead atoms. The molecule has 1 heterocycles. The van der Waals surface area contributed by atoms with Gasteiger partial charge in [0.2, 0.25) is 0 Å². The number of rotatable bonds is 5. The summed E-state index contributed by atoms with van der Waals surface area (Å²) >= 11 is 0. The quantitative estimate of drug-likeness (QED) is 0.909. The fraction of sp³-hybridized carbons (Fsp3) is 0.333. The van der Waals surface area contributed by atoms with Gasteiger partial charge in [-0.25, -0.2) is 0 Å². The summed E-state index contributed by atoms with van der Waals surface area (Å²) in [6.07, 6.45) is 0. The second kappa shape index (κ2) is 7.49. The zero-order valence-corrected chi connectivity index (χ0v) is 13.5. The van der Waals surface area contributed by atoms with Crippen LogP contribution in [0.2, 0.25) is 0 Å². The molecule has 1 aliphatic rings. The average molecular weight is 334 g/mol. The Kier molecular flexibility index (Phi) is 5.15. The van der Waals surface area contributed by atoms with Gasteiger partial charge in [-0.2, -0.15) is 8.78 Å². The highest BCUT2D eigenvalue weighted by Gasteiger charge is 2.16. The number of alkyl halides is 2. The van der Waals surface area contributed by atoms with Crippen molar-refractivity contribution in [1.29, 1.82) is 0 Å².